The van der Waals surface area contributed by atoms with Crippen LogP contribution in [0.25, 0.3) is 6.08 Å². The summed E-state index contributed by atoms with van der Waals surface area (Å²) in [4.78, 5) is 21.2. The molecule has 0 amide bonds. The third-order valence-electron chi connectivity index (χ3n) is 2.33. The van der Waals surface area contributed by atoms with E-state index in [1.165, 1.54) is 6.08 Å². The first kappa shape index (κ1) is 12.0. The van der Waals surface area contributed by atoms with Gasteiger partial charge in [-0.05, 0) is 29.3 Å². The number of carbonyl (C=O) groups is 2. The van der Waals surface area contributed by atoms with E-state index in [0.29, 0.717) is 17.1 Å². The molecule has 0 aliphatic carbocycles. The van der Waals surface area contributed by atoms with Crippen LogP contribution in [0.1, 0.15) is 12.0 Å². The number of aliphatic carboxylic acids is 2. The molecule has 0 spiro atoms. The third kappa shape index (κ3) is 2.60. The molecule has 1 aromatic rings. The highest BCUT2D eigenvalue weighted by Crippen LogP contribution is 2.33. The second-order valence-electron chi connectivity index (χ2n) is 3.62. The Labute approximate surface area is 102 Å². The minimum atomic E-state index is -1.54. The molecule has 0 aromatic heterocycles. The summed E-state index contributed by atoms with van der Waals surface area (Å²) in [5, 5.41) is 21.2. The lowest BCUT2D eigenvalue weighted by Crippen LogP contribution is -2.30. The number of carboxylic acids is 2. The van der Waals surface area contributed by atoms with Crippen LogP contribution in [0.15, 0.2) is 23.8 Å². The Kier molecular flexibility index (Phi) is 3.18. The van der Waals surface area contributed by atoms with Crippen LogP contribution in [0, 0.1) is 0 Å². The van der Waals surface area contributed by atoms with Crippen molar-refractivity contribution in [1.29, 1.82) is 0 Å². The number of rotatable bonds is 4. The van der Waals surface area contributed by atoms with Gasteiger partial charge in [0.1, 0.15) is 0 Å². The average molecular weight is 248 g/mol. The standard InChI is InChI=1S/C12H10O6/c13-11(14)5-8(12(15)16)3-7-1-2-9-10(4-7)18-6-17-9/h1-4H,5-6H2,(H,13,14)(H,15,16)/p-2/b8-3+. The molecule has 1 aliphatic heterocycles. The van der Waals surface area contributed by atoms with Crippen molar-refractivity contribution in [3.63, 3.8) is 0 Å². The van der Waals surface area contributed by atoms with Gasteiger partial charge in [-0.2, -0.15) is 0 Å². The number of hydrogen-bond acceptors (Lipinski definition) is 6. The third-order valence-corrected chi connectivity index (χ3v) is 2.33. The molecule has 1 heterocycles. The van der Waals surface area contributed by atoms with Crippen molar-refractivity contribution in [3.05, 3.63) is 29.3 Å². The normalized spacial score (nSPS) is 13.4. The molecule has 0 fully saturated rings. The van der Waals surface area contributed by atoms with Crippen LogP contribution in [0.3, 0.4) is 0 Å². The number of carbonyl (C=O) groups excluding carboxylic acids is 2. The van der Waals surface area contributed by atoms with Gasteiger partial charge >= 0.3 is 0 Å². The Bertz CT molecular complexity index is 531. The van der Waals surface area contributed by atoms with Gasteiger partial charge in [-0.15, -0.1) is 0 Å². The molecule has 0 atom stereocenters. The fraction of sp³-hybridized carbons (Fsp3) is 0.167. The molecule has 0 radical (unpaired) electrons. The van der Waals surface area contributed by atoms with Crippen LogP contribution in [0.2, 0.25) is 0 Å². The van der Waals surface area contributed by atoms with Gasteiger partial charge < -0.3 is 29.3 Å². The quantitative estimate of drug-likeness (QED) is 0.613. The predicted molar refractivity (Wildman–Crippen MR) is 55.2 cm³/mol. The van der Waals surface area contributed by atoms with E-state index >= 15 is 0 Å². The molecule has 2 rings (SSSR count). The molecular weight excluding hydrogens is 240 g/mol. The van der Waals surface area contributed by atoms with Crippen molar-refractivity contribution in [2.45, 2.75) is 6.42 Å². The zero-order valence-electron chi connectivity index (χ0n) is 9.17. The zero-order chi connectivity index (χ0) is 13.1. The molecule has 0 saturated heterocycles. The van der Waals surface area contributed by atoms with E-state index in [9.17, 15) is 19.8 Å². The van der Waals surface area contributed by atoms with Gasteiger partial charge in [-0.3, -0.25) is 0 Å². The van der Waals surface area contributed by atoms with Gasteiger partial charge in [0.05, 0.1) is 5.97 Å². The topological polar surface area (TPSA) is 98.7 Å². The van der Waals surface area contributed by atoms with Crippen LogP contribution < -0.4 is 19.7 Å². The Balaban J connectivity index is 2.29. The number of benzene rings is 1. The zero-order valence-corrected chi connectivity index (χ0v) is 9.17. The smallest absolute Gasteiger partial charge is 0.231 e. The summed E-state index contributed by atoms with van der Waals surface area (Å²) >= 11 is 0. The SMILES string of the molecule is O=C([O-])C/C(=C\c1ccc2c(c1)OCO2)C(=O)[O-]. The average Bonchev–Trinajstić information content (AvgIpc) is 2.74. The van der Waals surface area contributed by atoms with E-state index < -0.39 is 18.4 Å². The fourth-order valence-electron chi connectivity index (χ4n) is 1.54. The van der Waals surface area contributed by atoms with Crippen molar-refractivity contribution >= 4 is 18.0 Å². The van der Waals surface area contributed by atoms with Gasteiger partial charge in [0.15, 0.2) is 11.5 Å². The summed E-state index contributed by atoms with van der Waals surface area (Å²) in [5.41, 5.74) is 0.119. The van der Waals surface area contributed by atoms with Crippen LogP contribution in [0.4, 0.5) is 0 Å². The van der Waals surface area contributed by atoms with Crippen molar-refractivity contribution in [3.8, 4) is 11.5 Å². The van der Waals surface area contributed by atoms with E-state index in [-0.39, 0.29) is 12.4 Å². The predicted octanol–water partition coefficient (Wildman–Crippen LogP) is -1.31. The molecule has 0 unspecified atom stereocenters. The van der Waals surface area contributed by atoms with Gasteiger partial charge in [0.25, 0.3) is 0 Å². The van der Waals surface area contributed by atoms with E-state index in [4.69, 9.17) is 9.47 Å². The summed E-state index contributed by atoms with van der Waals surface area (Å²) in [6, 6.07) is 4.76. The van der Waals surface area contributed by atoms with E-state index in [0.717, 1.165) is 0 Å². The van der Waals surface area contributed by atoms with Crippen molar-refractivity contribution < 1.29 is 29.3 Å². The minimum absolute atomic E-state index is 0.106. The molecule has 18 heavy (non-hydrogen) atoms. The number of ether oxygens (including phenoxy) is 2. The van der Waals surface area contributed by atoms with Crippen molar-refractivity contribution in [2.24, 2.45) is 0 Å². The summed E-state index contributed by atoms with van der Waals surface area (Å²) in [6.45, 7) is 0.106. The van der Waals surface area contributed by atoms with E-state index in [1.807, 2.05) is 0 Å². The number of carboxylic acid groups (broad SMARTS) is 2. The number of hydrogen-bond donors (Lipinski definition) is 0. The molecule has 0 bridgehead atoms. The van der Waals surface area contributed by atoms with Gasteiger partial charge in [0, 0.05) is 12.4 Å². The molecular formula is C12H8O6-2. The Morgan fingerprint density at radius 3 is 2.61 bits per heavy atom. The molecule has 0 N–H and O–H groups in total. The summed E-state index contributed by atoms with van der Waals surface area (Å²) < 4.78 is 10.2. The maximum Gasteiger partial charge on any atom is 0.231 e. The molecule has 6 nitrogen and oxygen atoms in total. The monoisotopic (exact) mass is 248 g/mol. The van der Waals surface area contributed by atoms with Crippen LogP contribution in [0.5, 0.6) is 11.5 Å². The maximum atomic E-state index is 10.7. The second kappa shape index (κ2) is 4.79. The number of fused-ring (bicyclic) bond motifs is 1. The molecule has 1 aromatic carbocycles. The van der Waals surface area contributed by atoms with Gasteiger partial charge in [-0.1, -0.05) is 6.07 Å². The highest BCUT2D eigenvalue weighted by molar-refractivity contribution is 5.95. The Hall–Kier alpha value is -2.50. The van der Waals surface area contributed by atoms with Crippen LogP contribution >= 0.6 is 0 Å². The van der Waals surface area contributed by atoms with Crippen molar-refractivity contribution in [2.75, 3.05) is 6.79 Å². The molecule has 0 saturated carbocycles. The lowest BCUT2D eigenvalue weighted by Gasteiger charge is -2.09. The lowest BCUT2D eigenvalue weighted by atomic mass is 10.1. The fourth-order valence-corrected chi connectivity index (χ4v) is 1.54. The summed E-state index contributed by atoms with van der Waals surface area (Å²) in [6.07, 6.45) is 0.490. The lowest BCUT2D eigenvalue weighted by molar-refractivity contribution is -0.309. The first-order valence-corrected chi connectivity index (χ1v) is 5.07. The molecule has 94 valence electrons. The summed E-state index contributed by atoms with van der Waals surface area (Å²) in [7, 11) is 0. The highest BCUT2D eigenvalue weighted by Gasteiger charge is 2.12. The van der Waals surface area contributed by atoms with Gasteiger partial charge in [0.2, 0.25) is 6.79 Å². The van der Waals surface area contributed by atoms with Crippen LogP contribution in [-0.4, -0.2) is 18.7 Å². The molecule has 1 aliphatic rings. The minimum Gasteiger partial charge on any atom is -0.550 e. The first-order chi connectivity index (χ1) is 8.56. The largest absolute Gasteiger partial charge is 0.550 e. The first-order valence-electron chi connectivity index (χ1n) is 5.07. The van der Waals surface area contributed by atoms with E-state index in [1.54, 1.807) is 18.2 Å². The van der Waals surface area contributed by atoms with E-state index in [2.05, 4.69) is 0 Å². The van der Waals surface area contributed by atoms with Gasteiger partial charge in [-0.25, -0.2) is 0 Å². The van der Waals surface area contributed by atoms with Crippen LogP contribution in [-0.2, 0) is 9.59 Å². The second-order valence-corrected chi connectivity index (χ2v) is 3.62. The Morgan fingerprint density at radius 2 is 1.94 bits per heavy atom. The highest BCUT2D eigenvalue weighted by atomic mass is 16.7. The summed E-state index contributed by atoms with van der Waals surface area (Å²) in [5.74, 6) is -1.99. The Morgan fingerprint density at radius 1 is 1.22 bits per heavy atom. The molecule has 6 heteroatoms. The maximum absolute atomic E-state index is 10.7. The van der Waals surface area contributed by atoms with Crippen molar-refractivity contribution in [1.82, 2.24) is 0 Å².